The first-order valence-electron chi connectivity index (χ1n) is 5.00. The Balaban J connectivity index is 2.67. The molecule has 1 unspecified atom stereocenters. The van der Waals surface area contributed by atoms with Gasteiger partial charge in [-0.25, -0.2) is 9.78 Å². The van der Waals surface area contributed by atoms with Crippen LogP contribution in [0.5, 0.6) is 0 Å². The van der Waals surface area contributed by atoms with Crippen LogP contribution >= 0.6 is 23.2 Å². The number of aliphatic hydroxyl groups is 2. The van der Waals surface area contributed by atoms with Gasteiger partial charge in [-0.2, -0.15) is 0 Å². The Hall–Kier alpha value is -1.30. The van der Waals surface area contributed by atoms with Gasteiger partial charge in [-0.1, -0.05) is 23.2 Å². The summed E-state index contributed by atoms with van der Waals surface area (Å²) in [5.41, 5.74) is 0.411. The van der Waals surface area contributed by atoms with Crippen LogP contribution < -0.4 is 0 Å². The minimum Gasteiger partial charge on any atom is -0.507 e. The summed E-state index contributed by atoms with van der Waals surface area (Å²) in [4.78, 5) is 15.2. The van der Waals surface area contributed by atoms with Gasteiger partial charge in [-0.3, -0.25) is 0 Å². The quantitative estimate of drug-likeness (QED) is 0.612. The molecule has 0 aromatic carbocycles. The zero-order chi connectivity index (χ0) is 13.4. The first-order valence-corrected chi connectivity index (χ1v) is 5.76. The number of aromatic nitrogens is 1. The smallest absolute Gasteiger partial charge is 0.337 e. The summed E-state index contributed by atoms with van der Waals surface area (Å²) < 4.78 is 4.53. The molecule has 0 radical (unpaired) electrons. The Morgan fingerprint density at radius 2 is 2.22 bits per heavy atom. The van der Waals surface area contributed by atoms with Crippen molar-refractivity contribution in [3.8, 4) is 0 Å². The highest BCUT2D eigenvalue weighted by Crippen LogP contribution is 2.40. The molecule has 2 rings (SSSR count). The third kappa shape index (κ3) is 2.05. The number of fused-ring (bicyclic) bond motifs is 1. The molecule has 5 nitrogen and oxygen atoms in total. The molecule has 1 aliphatic carbocycles. The van der Waals surface area contributed by atoms with E-state index in [1.807, 2.05) is 0 Å². The minimum atomic E-state index is -0.997. The van der Waals surface area contributed by atoms with E-state index < -0.39 is 12.1 Å². The van der Waals surface area contributed by atoms with Crippen molar-refractivity contribution in [2.45, 2.75) is 12.5 Å². The first kappa shape index (κ1) is 13.1. The van der Waals surface area contributed by atoms with Crippen molar-refractivity contribution < 1.29 is 19.7 Å². The highest BCUT2D eigenvalue weighted by Gasteiger charge is 2.32. The number of hydrogen-bond acceptors (Lipinski definition) is 5. The van der Waals surface area contributed by atoms with Crippen molar-refractivity contribution >= 4 is 34.9 Å². The fourth-order valence-electron chi connectivity index (χ4n) is 1.85. The van der Waals surface area contributed by atoms with Gasteiger partial charge >= 0.3 is 5.97 Å². The Morgan fingerprint density at radius 1 is 1.56 bits per heavy atom. The van der Waals surface area contributed by atoms with Crippen molar-refractivity contribution in [1.82, 2.24) is 4.98 Å². The van der Waals surface area contributed by atoms with Crippen LogP contribution in [0.2, 0.25) is 10.3 Å². The Labute approximate surface area is 113 Å². The van der Waals surface area contributed by atoms with Gasteiger partial charge in [0.1, 0.15) is 16.1 Å². The molecule has 1 heterocycles. The zero-order valence-corrected chi connectivity index (χ0v) is 10.8. The summed E-state index contributed by atoms with van der Waals surface area (Å²) in [5, 5.41) is 20.0. The molecule has 1 aromatic rings. The number of pyridine rings is 1. The van der Waals surface area contributed by atoms with E-state index in [1.54, 1.807) is 0 Å². The second-order valence-electron chi connectivity index (χ2n) is 3.74. The third-order valence-electron chi connectivity index (χ3n) is 2.69. The Bertz CT molecular complexity index is 556. The number of carbonyl (C=O) groups is 1. The van der Waals surface area contributed by atoms with E-state index >= 15 is 0 Å². The van der Waals surface area contributed by atoms with Gasteiger partial charge in [0.15, 0.2) is 0 Å². The van der Waals surface area contributed by atoms with E-state index in [1.165, 1.54) is 13.2 Å². The Morgan fingerprint density at radius 3 is 2.83 bits per heavy atom. The zero-order valence-electron chi connectivity index (χ0n) is 9.28. The maximum atomic E-state index is 11.5. The van der Waals surface area contributed by atoms with E-state index in [0.29, 0.717) is 5.56 Å². The molecule has 0 saturated heterocycles. The predicted molar refractivity (Wildman–Crippen MR) is 65.4 cm³/mol. The maximum Gasteiger partial charge on any atom is 0.337 e. The van der Waals surface area contributed by atoms with Gasteiger partial charge < -0.3 is 14.9 Å². The number of methoxy groups -OCH3 is 1. The molecule has 1 atom stereocenters. The standard InChI is InChI=1S/C11H9Cl2NO4/c1-18-11(17)5-2-6(15)4-3-7(12)14-10(13)8(4)9(5)16/h3,6,15-16H,2H2,1H3. The molecule has 0 saturated carbocycles. The highest BCUT2D eigenvalue weighted by atomic mass is 35.5. The largest absolute Gasteiger partial charge is 0.507 e. The molecule has 0 amide bonds. The van der Waals surface area contributed by atoms with Crippen molar-refractivity contribution in [3.05, 3.63) is 33.1 Å². The third-order valence-corrected chi connectivity index (χ3v) is 3.15. The van der Waals surface area contributed by atoms with Crippen molar-refractivity contribution in [1.29, 1.82) is 0 Å². The van der Waals surface area contributed by atoms with Gasteiger partial charge in [0.2, 0.25) is 0 Å². The van der Waals surface area contributed by atoms with Crippen LogP contribution in [0.1, 0.15) is 23.7 Å². The molecule has 0 spiro atoms. The summed E-state index contributed by atoms with van der Waals surface area (Å²) >= 11 is 11.6. The number of halogens is 2. The van der Waals surface area contributed by atoms with E-state index in [4.69, 9.17) is 23.2 Å². The van der Waals surface area contributed by atoms with Crippen molar-refractivity contribution in [2.24, 2.45) is 0 Å². The predicted octanol–water partition coefficient (Wildman–Crippen LogP) is 2.27. The molecule has 96 valence electrons. The topological polar surface area (TPSA) is 79.7 Å². The van der Waals surface area contributed by atoms with Crippen LogP contribution in [0.3, 0.4) is 0 Å². The number of rotatable bonds is 1. The number of ether oxygens (including phenoxy) is 1. The fraction of sp³-hybridized carbons (Fsp3) is 0.273. The SMILES string of the molecule is COC(=O)C1=C(O)c2c(cc(Cl)nc2Cl)C(O)C1. The first-order chi connectivity index (χ1) is 8.45. The summed E-state index contributed by atoms with van der Waals surface area (Å²) in [6.45, 7) is 0. The second kappa shape index (κ2) is 4.76. The lowest BCUT2D eigenvalue weighted by Gasteiger charge is -2.23. The number of esters is 1. The average Bonchev–Trinajstić information content (AvgIpc) is 2.31. The molecule has 7 heteroatoms. The lowest BCUT2D eigenvalue weighted by Crippen LogP contribution is -2.18. The number of carbonyl (C=O) groups excluding carboxylic acids is 1. The van der Waals surface area contributed by atoms with Crippen LogP contribution in [0.15, 0.2) is 11.6 Å². The van der Waals surface area contributed by atoms with E-state index in [2.05, 4.69) is 9.72 Å². The normalized spacial score (nSPS) is 18.6. The molecular weight excluding hydrogens is 281 g/mol. The maximum absolute atomic E-state index is 11.5. The minimum absolute atomic E-state index is 0.0384. The average molecular weight is 290 g/mol. The summed E-state index contributed by atoms with van der Waals surface area (Å²) in [6.07, 6.45) is -1.06. The van der Waals surface area contributed by atoms with Gasteiger partial charge in [-0.05, 0) is 11.6 Å². The van der Waals surface area contributed by atoms with Gasteiger partial charge in [0.25, 0.3) is 0 Å². The van der Waals surface area contributed by atoms with Crippen LogP contribution in [-0.4, -0.2) is 28.3 Å². The lowest BCUT2D eigenvalue weighted by molar-refractivity contribution is -0.136. The van der Waals surface area contributed by atoms with Crippen LogP contribution in [0.25, 0.3) is 5.76 Å². The summed E-state index contributed by atoms with van der Waals surface area (Å²) in [5.74, 6) is -1.06. The molecule has 0 fully saturated rings. The highest BCUT2D eigenvalue weighted by molar-refractivity contribution is 6.33. The molecule has 18 heavy (non-hydrogen) atoms. The molecule has 1 aliphatic rings. The van der Waals surface area contributed by atoms with Crippen molar-refractivity contribution in [3.63, 3.8) is 0 Å². The molecule has 0 aliphatic heterocycles. The van der Waals surface area contributed by atoms with E-state index in [-0.39, 0.29) is 33.6 Å². The Kier molecular flexibility index (Phi) is 3.47. The number of aliphatic hydroxyl groups excluding tert-OH is 2. The van der Waals surface area contributed by atoms with Crippen LogP contribution in [0.4, 0.5) is 0 Å². The van der Waals surface area contributed by atoms with Gasteiger partial charge in [0, 0.05) is 6.42 Å². The van der Waals surface area contributed by atoms with Gasteiger partial charge in [-0.15, -0.1) is 0 Å². The molecular formula is C11H9Cl2NO4. The monoisotopic (exact) mass is 289 g/mol. The number of hydrogen-bond donors (Lipinski definition) is 2. The molecule has 2 N–H and O–H groups in total. The van der Waals surface area contributed by atoms with E-state index in [0.717, 1.165) is 0 Å². The summed E-state index contributed by atoms with van der Waals surface area (Å²) in [7, 11) is 1.19. The molecule has 0 bridgehead atoms. The fourth-order valence-corrected chi connectivity index (χ4v) is 2.39. The van der Waals surface area contributed by atoms with Crippen molar-refractivity contribution in [2.75, 3.05) is 7.11 Å². The number of nitrogens with zero attached hydrogens (tertiary/aromatic N) is 1. The van der Waals surface area contributed by atoms with Crippen LogP contribution in [-0.2, 0) is 9.53 Å². The lowest BCUT2D eigenvalue weighted by atomic mass is 9.89. The van der Waals surface area contributed by atoms with Gasteiger partial charge in [0.05, 0.1) is 24.4 Å². The van der Waals surface area contributed by atoms with Crippen LogP contribution in [0, 0.1) is 0 Å². The molecule has 1 aromatic heterocycles. The van der Waals surface area contributed by atoms with E-state index in [9.17, 15) is 15.0 Å². The summed E-state index contributed by atoms with van der Waals surface area (Å²) in [6, 6.07) is 1.40. The second-order valence-corrected chi connectivity index (χ2v) is 4.48.